The minimum Gasteiger partial charge on any atom is -0.497 e. The largest absolute Gasteiger partial charge is 0.497 e. The minimum absolute atomic E-state index is 0.104. The summed E-state index contributed by atoms with van der Waals surface area (Å²) in [6.45, 7) is 0.716. The van der Waals surface area contributed by atoms with Gasteiger partial charge >= 0.3 is 0 Å². The Kier molecular flexibility index (Phi) is 5.66. The molecule has 2 aromatic rings. The van der Waals surface area contributed by atoms with E-state index in [1.54, 1.807) is 21.3 Å². The topological polar surface area (TPSA) is 48.0 Å². The highest BCUT2D eigenvalue weighted by atomic mass is 16.5. The third-order valence-electron chi connectivity index (χ3n) is 4.82. The van der Waals surface area contributed by atoms with Crippen molar-refractivity contribution in [3.05, 3.63) is 47.5 Å². The van der Waals surface area contributed by atoms with Crippen molar-refractivity contribution in [2.75, 3.05) is 32.8 Å². The predicted molar refractivity (Wildman–Crippen MR) is 102 cm³/mol. The fourth-order valence-corrected chi connectivity index (χ4v) is 3.48. The molecule has 1 aliphatic heterocycles. The Morgan fingerprint density at radius 3 is 2.54 bits per heavy atom. The van der Waals surface area contributed by atoms with Gasteiger partial charge in [-0.1, -0.05) is 18.2 Å². The van der Waals surface area contributed by atoms with Crippen molar-refractivity contribution < 1.29 is 19.0 Å². The highest BCUT2D eigenvalue weighted by Gasteiger charge is 2.26. The Bertz CT molecular complexity index is 788. The molecular weight excluding hydrogens is 330 g/mol. The SMILES string of the molecule is COc1cc(OC)c2c(c1)N(C(=O)CCc1ccccc1OC)CCC2. The Balaban J connectivity index is 1.81. The summed E-state index contributed by atoms with van der Waals surface area (Å²) in [5, 5.41) is 0. The highest BCUT2D eigenvalue weighted by Crippen LogP contribution is 2.38. The number of aryl methyl sites for hydroxylation is 1. The van der Waals surface area contributed by atoms with E-state index in [-0.39, 0.29) is 5.91 Å². The van der Waals surface area contributed by atoms with Gasteiger partial charge in [0.15, 0.2) is 0 Å². The molecule has 1 amide bonds. The van der Waals surface area contributed by atoms with Gasteiger partial charge in [-0.2, -0.15) is 0 Å². The van der Waals surface area contributed by atoms with Gasteiger partial charge in [0.05, 0.1) is 27.0 Å². The first kappa shape index (κ1) is 18.1. The van der Waals surface area contributed by atoms with E-state index in [2.05, 4.69) is 0 Å². The first-order valence-electron chi connectivity index (χ1n) is 8.85. The van der Waals surface area contributed by atoms with Gasteiger partial charge < -0.3 is 19.1 Å². The van der Waals surface area contributed by atoms with Crippen molar-refractivity contribution in [1.82, 2.24) is 0 Å². The van der Waals surface area contributed by atoms with Crippen molar-refractivity contribution >= 4 is 11.6 Å². The maximum absolute atomic E-state index is 12.9. The first-order valence-corrected chi connectivity index (χ1v) is 8.85. The number of rotatable bonds is 6. The monoisotopic (exact) mass is 355 g/mol. The van der Waals surface area contributed by atoms with Gasteiger partial charge in [0.1, 0.15) is 17.2 Å². The van der Waals surface area contributed by atoms with E-state index < -0.39 is 0 Å². The van der Waals surface area contributed by atoms with Crippen LogP contribution in [0.2, 0.25) is 0 Å². The average Bonchev–Trinajstić information content (AvgIpc) is 2.70. The van der Waals surface area contributed by atoms with Crippen LogP contribution in [-0.2, 0) is 17.6 Å². The predicted octanol–water partition coefficient (Wildman–Crippen LogP) is 3.62. The van der Waals surface area contributed by atoms with E-state index in [1.165, 1.54) is 0 Å². The van der Waals surface area contributed by atoms with Gasteiger partial charge in [-0.15, -0.1) is 0 Å². The molecule has 26 heavy (non-hydrogen) atoms. The fourth-order valence-electron chi connectivity index (χ4n) is 3.48. The second-order valence-corrected chi connectivity index (χ2v) is 6.29. The zero-order valence-corrected chi connectivity index (χ0v) is 15.6. The Morgan fingerprint density at radius 2 is 1.81 bits per heavy atom. The third kappa shape index (κ3) is 3.62. The lowest BCUT2D eigenvalue weighted by molar-refractivity contribution is -0.118. The minimum atomic E-state index is 0.104. The number of amides is 1. The molecule has 0 saturated heterocycles. The summed E-state index contributed by atoms with van der Waals surface area (Å²) in [4.78, 5) is 14.8. The molecule has 5 heteroatoms. The van der Waals surface area contributed by atoms with Crippen LogP contribution in [0.4, 0.5) is 5.69 Å². The van der Waals surface area contributed by atoms with Gasteiger partial charge in [-0.25, -0.2) is 0 Å². The van der Waals surface area contributed by atoms with E-state index in [0.717, 1.165) is 41.2 Å². The molecule has 138 valence electrons. The van der Waals surface area contributed by atoms with E-state index >= 15 is 0 Å². The standard InChI is InChI=1S/C21H25NO4/c1-24-16-13-18-17(20(14-16)26-3)8-6-12-22(18)21(23)11-10-15-7-4-5-9-19(15)25-2/h4-5,7,9,13-14H,6,8,10-12H2,1-3H3. The molecule has 0 N–H and O–H groups in total. The first-order chi connectivity index (χ1) is 12.7. The number of carbonyl (C=O) groups is 1. The Labute approximate surface area is 154 Å². The van der Waals surface area contributed by atoms with Crippen LogP contribution in [0.1, 0.15) is 24.0 Å². The number of fused-ring (bicyclic) bond motifs is 1. The van der Waals surface area contributed by atoms with Crippen molar-refractivity contribution in [3.8, 4) is 17.2 Å². The number of ether oxygens (including phenoxy) is 3. The number of carbonyl (C=O) groups excluding carboxylic acids is 1. The van der Waals surface area contributed by atoms with Crippen molar-refractivity contribution in [1.29, 1.82) is 0 Å². The maximum Gasteiger partial charge on any atom is 0.227 e. The molecular formula is C21H25NO4. The Morgan fingerprint density at radius 1 is 1.04 bits per heavy atom. The molecule has 1 aliphatic rings. The van der Waals surface area contributed by atoms with Crippen LogP contribution in [0.3, 0.4) is 0 Å². The molecule has 1 heterocycles. The van der Waals surface area contributed by atoms with Crippen molar-refractivity contribution in [2.45, 2.75) is 25.7 Å². The quantitative estimate of drug-likeness (QED) is 0.794. The number of nitrogens with zero attached hydrogens (tertiary/aromatic N) is 1. The van der Waals surface area contributed by atoms with E-state index in [4.69, 9.17) is 14.2 Å². The number of anilines is 1. The summed E-state index contributed by atoms with van der Waals surface area (Å²) in [7, 11) is 4.93. The molecule has 0 bridgehead atoms. The van der Waals surface area contributed by atoms with Gasteiger partial charge in [-0.3, -0.25) is 4.79 Å². The Hall–Kier alpha value is -2.69. The van der Waals surface area contributed by atoms with Crippen LogP contribution >= 0.6 is 0 Å². The molecule has 5 nitrogen and oxygen atoms in total. The molecule has 0 unspecified atom stereocenters. The molecule has 0 radical (unpaired) electrons. The zero-order chi connectivity index (χ0) is 18.5. The molecule has 3 rings (SSSR count). The summed E-state index contributed by atoms with van der Waals surface area (Å²) in [6, 6.07) is 11.6. The maximum atomic E-state index is 12.9. The lowest BCUT2D eigenvalue weighted by Crippen LogP contribution is -2.35. The van der Waals surface area contributed by atoms with E-state index in [0.29, 0.717) is 25.1 Å². The second kappa shape index (κ2) is 8.13. The normalized spacial score (nSPS) is 13.1. The van der Waals surface area contributed by atoms with Gasteiger partial charge in [0.2, 0.25) is 5.91 Å². The highest BCUT2D eigenvalue weighted by molar-refractivity contribution is 5.95. The molecule has 0 saturated carbocycles. The van der Waals surface area contributed by atoms with Gasteiger partial charge in [0, 0.05) is 30.7 Å². The summed E-state index contributed by atoms with van der Waals surface area (Å²) in [6.07, 6.45) is 2.91. The number of hydrogen-bond acceptors (Lipinski definition) is 4. The summed E-state index contributed by atoms with van der Waals surface area (Å²) in [5.41, 5.74) is 3.02. The molecule has 2 aromatic carbocycles. The second-order valence-electron chi connectivity index (χ2n) is 6.29. The lowest BCUT2D eigenvalue weighted by atomic mass is 9.99. The number of hydrogen-bond donors (Lipinski definition) is 0. The lowest BCUT2D eigenvalue weighted by Gasteiger charge is -2.31. The van der Waals surface area contributed by atoms with Crippen LogP contribution in [0.15, 0.2) is 36.4 Å². The third-order valence-corrected chi connectivity index (χ3v) is 4.82. The van der Waals surface area contributed by atoms with Crippen molar-refractivity contribution in [3.63, 3.8) is 0 Å². The molecule has 0 aromatic heterocycles. The molecule has 0 spiro atoms. The summed E-state index contributed by atoms with van der Waals surface area (Å²) in [5.74, 6) is 2.40. The van der Waals surface area contributed by atoms with Gasteiger partial charge in [-0.05, 0) is 30.9 Å². The molecule has 0 fully saturated rings. The van der Waals surface area contributed by atoms with Crippen LogP contribution < -0.4 is 19.1 Å². The smallest absolute Gasteiger partial charge is 0.227 e. The average molecular weight is 355 g/mol. The zero-order valence-electron chi connectivity index (χ0n) is 15.6. The van der Waals surface area contributed by atoms with E-state index in [9.17, 15) is 4.79 Å². The van der Waals surface area contributed by atoms with E-state index in [1.807, 2.05) is 41.3 Å². The number of methoxy groups -OCH3 is 3. The van der Waals surface area contributed by atoms with Crippen molar-refractivity contribution in [2.24, 2.45) is 0 Å². The number of para-hydroxylation sites is 1. The summed E-state index contributed by atoms with van der Waals surface area (Å²) >= 11 is 0. The van der Waals surface area contributed by atoms with Crippen LogP contribution in [0.5, 0.6) is 17.2 Å². The number of benzene rings is 2. The van der Waals surface area contributed by atoms with Crippen LogP contribution in [0.25, 0.3) is 0 Å². The van der Waals surface area contributed by atoms with Gasteiger partial charge in [0.25, 0.3) is 0 Å². The molecule has 0 aliphatic carbocycles. The fraction of sp³-hybridized carbons (Fsp3) is 0.381. The molecule has 0 atom stereocenters. The van der Waals surface area contributed by atoms with Crippen LogP contribution in [-0.4, -0.2) is 33.8 Å². The summed E-state index contributed by atoms with van der Waals surface area (Å²) < 4.78 is 16.3. The van der Waals surface area contributed by atoms with Crippen LogP contribution in [0, 0.1) is 0 Å².